The molecular formula is C9H20N2O4S. The largest absolute Gasteiger partial charge is 0.385 e. The van der Waals surface area contributed by atoms with Gasteiger partial charge < -0.3 is 15.8 Å². The van der Waals surface area contributed by atoms with Crippen molar-refractivity contribution in [2.24, 2.45) is 5.73 Å². The average molecular weight is 252 g/mol. The first-order chi connectivity index (χ1) is 7.45. The van der Waals surface area contributed by atoms with E-state index in [-0.39, 0.29) is 12.3 Å². The lowest BCUT2D eigenvalue weighted by atomic mass is 10.4. The summed E-state index contributed by atoms with van der Waals surface area (Å²) >= 11 is 0. The summed E-state index contributed by atoms with van der Waals surface area (Å²) in [6.45, 7) is 2.35. The quantitative estimate of drug-likeness (QED) is 0.534. The Kier molecular flexibility index (Phi) is 7.27. The fourth-order valence-corrected chi connectivity index (χ4v) is 2.17. The third kappa shape index (κ3) is 5.43. The molecule has 0 saturated carbocycles. The summed E-state index contributed by atoms with van der Waals surface area (Å²) in [5.74, 6) is -0.649. The highest BCUT2D eigenvalue weighted by molar-refractivity contribution is 7.92. The van der Waals surface area contributed by atoms with Gasteiger partial charge in [-0.15, -0.1) is 0 Å². The molecule has 0 aliphatic heterocycles. The van der Waals surface area contributed by atoms with Crippen LogP contribution in [0.3, 0.4) is 0 Å². The van der Waals surface area contributed by atoms with Gasteiger partial charge in [0.05, 0.1) is 5.75 Å². The van der Waals surface area contributed by atoms with Crippen molar-refractivity contribution in [1.29, 1.82) is 0 Å². The van der Waals surface area contributed by atoms with Gasteiger partial charge in [0.2, 0.25) is 5.91 Å². The molecule has 0 heterocycles. The molecule has 0 fully saturated rings. The van der Waals surface area contributed by atoms with Crippen molar-refractivity contribution in [3.63, 3.8) is 0 Å². The zero-order chi connectivity index (χ0) is 12.6. The Balaban J connectivity index is 4.08. The van der Waals surface area contributed by atoms with E-state index in [4.69, 9.17) is 10.5 Å². The van der Waals surface area contributed by atoms with E-state index in [0.717, 1.165) is 0 Å². The van der Waals surface area contributed by atoms with Crippen molar-refractivity contribution in [3.05, 3.63) is 0 Å². The molecule has 0 rings (SSSR count). The number of rotatable bonds is 8. The molecule has 7 heteroatoms. The van der Waals surface area contributed by atoms with Crippen LogP contribution in [-0.4, -0.2) is 52.1 Å². The van der Waals surface area contributed by atoms with Crippen LogP contribution in [0.4, 0.5) is 0 Å². The molecule has 6 nitrogen and oxygen atoms in total. The van der Waals surface area contributed by atoms with Crippen molar-refractivity contribution >= 4 is 15.7 Å². The number of amides is 1. The number of carbonyl (C=O) groups is 1. The molecule has 0 aromatic rings. The summed E-state index contributed by atoms with van der Waals surface area (Å²) in [6.07, 6.45) is 0.659. The first-order valence-electron chi connectivity index (χ1n) is 5.14. The van der Waals surface area contributed by atoms with E-state index in [1.165, 1.54) is 6.92 Å². The van der Waals surface area contributed by atoms with Crippen molar-refractivity contribution in [1.82, 2.24) is 5.32 Å². The SMILES string of the molecule is COCCCNC(=O)C(C)S(=O)(=O)CCN. The number of ether oxygens (including phenoxy) is 1. The molecule has 1 unspecified atom stereocenters. The standard InChI is InChI=1S/C9H20N2O4S/c1-8(16(13,14)7-4-10)9(12)11-5-3-6-15-2/h8H,3-7,10H2,1-2H3,(H,11,12). The molecule has 3 N–H and O–H groups in total. The molecule has 16 heavy (non-hydrogen) atoms. The fourth-order valence-electron chi connectivity index (χ4n) is 1.08. The number of nitrogens with two attached hydrogens (primary N) is 1. The lowest BCUT2D eigenvalue weighted by Crippen LogP contribution is -2.40. The molecule has 0 radical (unpaired) electrons. The highest BCUT2D eigenvalue weighted by atomic mass is 32.2. The van der Waals surface area contributed by atoms with Crippen molar-refractivity contribution < 1.29 is 17.9 Å². The predicted molar refractivity (Wildman–Crippen MR) is 61.8 cm³/mol. The third-order valence-electron chi connectivity index (χ3n) is 2.13. The lowest BCUT2D eigenvalue weighted by molar-refractivity contribution is -0.120. The second-order valence-electron chi connectivity index (χ2n) is 3.44. The van der Waals surface area contributed by atoms with Crippen molar-refractivity contribution in [3.8, 4) is 0 Å². The molecule has 0 aromatic heterocycles. The maximum atomic E-state index is 11.5. The van der Waals surface area contributed by atoms with Crippen LogP contribution in [0.5, 0.6) is 0 Å². The molecule has 0 saturated heterocycles. The topological polar surface area (TPSA) is 98.5 Å². The second kappa shape index (κ2) is 7.59. The summed E-state index contributed by atoms with van der Waals surface area (Å²) in [5, 5.41) is 1.50. The van der Waals surface area contributed by atoms with Crippen molar-refractivity contribution in [2.75, 3.05) is 32.6 Å². The summed E-state index contributed by atoms with van der Waals surface area (Å²) < 4.78 is 27.8. The van der Waals surface area contributed by atoms with Crippen LogP contribution >= 0.6 is 0 Å². The van der Waals surface area contributed by atoms with Gasteiger partial charge in [0.15, 0.2) is 9.84 Å². The van der Waals surface area contributed by atoms with Gasteiger partial charge in [-0.1, -0.05) is 0 Å². The molecule has 0 aliphatic rings. The minimum absolute atomic E-state index is 0.0314. The minimum atomic E-state index is -3.42. The summed E-state index contributed by atoms with van der Waals surface area (Å²) in [6, 6.07) is 0. The third-order valence-corrected chi connectivity index (χ3v) is 4.23. The van der Waals surface area contributed by atoms with E-state index < -0.39 is 21.0 Å². The van der Waals surface area contributed by atoms with Crippen LogP contribution in [0.15, 0.2) is 0 Å². The van der Waals surface area contributed by atoms with E-state index in [1.54, 1.807) is 7.11 Å². The molecule has 1 atom stereocenters. The van der Waals surface area contributed by atoms with Crippen LogP contribution in [0.1, 0.15) is 13.3 Å². The predicted octanol–water partition coefficient (Wildman–Crippen LogP) is -1.10. The Morgan fingerprint density at radius 1 is 1.50 bits per heavy atom. The van der Waals surface area contributed by atoms with Gasteiger partial charge in [0.25, 0.3) is 0 Å². The van der Waals surface area contributed by atoms with E-state index >= 15 is 0 Å². The fraction of sp³-hybridized carbons (Fsp3) is 0.889. The number of methoxy groups -OCH3 is 1. The highest BCUT2D eigenvalue weighted by Gasteiger charge is 2.26. The molecule has 0 bridgehead atoms. The van der Waals surface area contributed by atoms with Gasteiger partial charge >= 0.3 is 0 Å². The monoisotopic (exact) mass is 252 g/mol. The van der Waals surface area contributed by atoms with Crippen LogP contribution < -0.4 is 11.1 Å². The maximum absolute atomic E-state index is 11.5. The van der Waals surface area contributed by atoms with E-state index in [1.807, 2.05) is 0 Å². The molecule has 96 valence electrons. The molecule has 0 aliphatic carbocycles. The van der Waals surface area contributed by atoms with Gasteiger partial charge in [-0.3, -0.25) is 4.79 Å². The van der Waals surface area contributed by atoms with Crippen LogP contribution in [0.2, 0.25) is 0 Å². The number of sulfone groups is 1. The number of hydrogen-bond donors (Lipinski definition) is 2. The Morgan fingerprint density at radius 3 is 2.62 bits per heavy atom. The molecule has 0 spiro atoms. The van der Waals surface area contributed by atoms with Crippen LogP contribution in [0.25, 0.3) is 0 Å². The Labute approximate surface area is 96.4 Å². The van der Waals surface area contributed by atoms with Gasteiger partial charge in [-0.25, -0.2) is 8.42 Å². The minimum Gasteiger partial charge on any atom is -0.385 e. The number of carbonyl (C=O) groups excluding carboxylic acids is 1. The average Bonchev–Trinajstić information content (AvgIpc) is 2.23. The summed E-state index contributed by atoms with van der Waals surface area (Å²) in [4.78, 5) is 11.5. The van der Waals surface area contributed by atoms with E-state index in [2.05, 4.69) is 5.32 Å². The number of nitrogens with one attached hydrogen (secondary N) is 1. The lowest BCUT2D eigenvalue weighted by Gasteiger charge is -2.12. The number of hydrogen-bond acceptors (Lipinski definition) is 5. The Morgan fingerprint density at radius 2 is 2.12 bits per heavy atom. The van der Waals surface area contributed by atoms with Gasteiger partial charge in [0.1, 0.15) is 5.25 Å². The zero-order valence-corrected chi connectivity index (χ0v) is 10.5. The van der Waals surface area contributed by atoms with Crippen LogP contribution in [0, 0.1) is 0 Å². The second-order valence-corrected chi connectivity index (χ2v) is 5.88. The maximum Gasteiger partial charge on any atom is 0.238 e. The van der Waals surface area contributed by atoms with Gasteiger partial charge in [-0.2, -0.15) is 0 Å². The zero-order valence-electron chi connectivity index (χ0n) is 9.73. The molecule has 1 amide bonds. The smallest absolute Gasteiger partial charge is 0.238 e. The summed E-state index contributed by atoms with van der Waals surface area (Å²) in [7, 11) is -1.85. The summed E-state index contributed by atoms with van der Waals surface area (Å²) in [5.41, 5.74) is 5.16. The Bertz CT molecular complexity index is 303. The van der Waals surface area contributed by atoms with Crippen LogP contribution in [-0.2, 0) is 19.4 Å². The highest BCUT2D eigenvalue weighted by Crippen LogP contribution is 2.01. The van der Waals surface area contributed by atoms with Gasteiger partial charge in [0, 0.05) is 26.8 Å². The first kappa shape index (κ1) is 15.3. The van der Waals surface area contributed by atoms with E-state index in [0.29, 0.717) is 19.6 Å². The normalized spacial score (nSPS) is 13.4. The van der Waals surface area contributed by atoms with Gasteiger partial charge in [-0.05, 0) is 13.3 Å². The Hall–Kier alpha value is -0.660. The van der Waals surface area contributed by atoms with Crippen molar-refractivity contribution in [2.45, 2.75) is 18.6 Å². The molecular weight excluding hydrogens is 232 g/mol. The van der Waals surface area contributed by atoms with E-state index in [9.17, 15) is 13.2 Å². The first-order valence-corrected chi connectivity index (χ1v) is 6.85. The molecule has 0 aromatic carbocycles.